The van der Waals surface area contributed by atoms with Crippen LogP contribution in [0.15, 0.2) is 206 Å². The van der Waals surface area contributed by atoms with Gasteiger partial charge in [0.05, 0.1) is 27.8 Å². The second kappa shape index (κ2) is 12.1. The van der Waals surface area contributed by atoms with Crippen LogP contribution in [0, 0.1) is 0 Å². The van der Waals surface area contributed by atoms with E-state index in [0.717, 1.165) is 17.1 Å². The zero-order valence-electron chi connectivity index (χ0n) is 33.5. The summed E-state index contributed by atoms with van der Waals surface area (Å²) < 4.78 is 2.52. The van der Waals surface area contributed by atoms with Crippen molar-refractivity contribution in [1.29, 1.82) is 0 Å². The van der Waals surface area contributed by atoms with Crippen LogP contribution in [0.5, 0.6) is 0 Å². The highest BCUT2D eigenvalue weighted by molar-refractivity contribution is 6.13. The Morgan fingerprint density at radius 1 is 0.383 bits per heavy atom. The summed E-state index contributed by atoms with van der Waals surface area (Å²) in [7, 11) is 0. The Morgan fingerprint density at radius 2 is 0.983 bits per heavy atom. The molecular weight excluding hydrogens is 725 g/mol. The van der Waals surface area contributed by atoms with E-state index in [2.05, 4.69) is 230 Å². The van der Waals surface area contributed by atoms with E-state index in [1.54, 1.807) is 0 Å². The molecule has 0 radical (unpaired) electrons. The number of rotatable bonds is 4. The van der Waals surface area contributed by atoms with E-state index in [0.29, 0.717) is 0 Å². The molecule has 3 aliphatic rings. The molecule has 60 heavy (non-hydrogen) atoms. The van der Waals surface area contributed by atoms with Crippen molar-refractivity contribution in [3.8, 4) is 39.1 Å². The highest BCUT2D eigenvalue weighted by Crippen LogP contribution is 2.62. The van der Waals surface area contributed by atoms with E-state index in [-0.39, 0.29) is 5.41 Å². The maximum absolute atomic E-state index is 2.52. The van der Waals surface area contributed by atoms with E-state index < -0.39 is 5.41 Å². The van der Waals surface area contributed by atoms with E-state index >= 15 is 0 Å². The van der Waals surface area contributed by atoms with Gasteiger partial charge in [-0.2, -0.15) is 0 Å². The summed E-state index contributed by atoms with van der Waals surface area (Å²) in [5, 5.41) is 2.58. The molecule has 0 saturated heterocycles. The summed E-state index contributed by atoms with van der Waals surface area (Å²) in [5.41, 5.74) is 22.3. The average Bonchev–Trinajstić information content (AvgIpc) is 3.88. The van der Waals surface area contributed by atoms with E-state index in [1.807, 2.05) is 0 Å². The third-order valence-corrected chi connectivity index (χ3v) is 14.0. The van der Waals surface area contributed by atoms with Crippen molar-refractivity contribution in [2.24, 2.45) is 0 Å². The van der Waals surface area contributed by atoms with Crippen molar-refractivity contribution in [3.63, 3.8) is 0 Å². The van der Waals surface area contributed by atoms with Gasteiger partial charge in [0.25, 0.3) is 0 Å². The van der Waals surface area contributed by atoms with Gasteiger partial charge in [-0.3, -0.25) is 0 Å². The number of anilines is 3. The van der Waals surface area contributed by atoms with Gasteiger partial charge in [-0.1, -0.05) is 172 Å². The summed E-state index contributed by atoms with van der Waals surface area (Å²) in [4.78, 5) is 2.46. The molecule has 13 rings (SSSR count). The Balaban J connectivity index is 1.06. The zero-order chi connectivity index (χ0) is 39.7. The Morgan fingerprint density at radius 3 is 1.83 bits per heavy atom. The van der Waals surface area contributed by atoms with Crippen LogP contribution >= 0.6 is 0 Å². The first-order chi connectivity index (χ1) is 29.5. The lowest BCUT2D eigenvalue weighted by Gasteiger charge is -2.39. The molecule has 1 atom stereocenters. The summed E-state index contributed by atoms with van der Waals surface area (Å²) >= 11 is 0. The monoisotopic (exact) mass is 764 g/mol. The zero-order valence-corrected chi connectivity index (χ0v) is 33.5. The van der Waals surface area contributed by atoms with E-state index in [1.165, 1.54) is 94.3 Å². The third-order valence-electron chi connectivity index (χ3n) is 14.0. The normalized spacial score (nSPS) is 16.0. The van der Waals surface area contributed by atoms with Crippen molar-refractivity contribution in [2.45, 2.75) is 24.7 Å². The van der Waals surface area contributed by atoms with Crippen molar-refractivity contribution < 1.29 is 0 Å². The molecule has 282 valence electrons. The summed E-state index contributed by atoms with van der Waals surface area (Å²) in [5.74, 6) is 0. The maximum Gasteiger partial charge on any atom is 0.0754 e. The molecular formula is C58H40N2. The minimum absolute atomic E-state index is 0.113. The number of aromatic nitrogens is 1. The van der Waals surface area contributed by atoms with Gasteiger partial charge in [-0.05, 0) is 110 Å². The Bertz CT molecular complexity index is 3420. The number of fused-ring (bicyclic) bond motifs is 15. The number of hydrogen-bond donors (Lipinski definition) is 0. The maximum atomic E-state index is 2.52. The third kappa shape index (κ3) is 4.22. The predicted molar refractivity (Wildman–Crippen MR) is 249 cm³/mol. The molecule has 0 amide bonds. The van der Waals surface area contributed by atoms with Crippen molar-refractivity contribution in [3.05, 3.63) is 240 Å². The highest BCUT2D eigenvalue weighted by Gasteiger charge is 2.51. The van der Waals surface area contributed by atoms with Crippen LogP contribution in [0.3, 0.4) is 0 Å². The van der Waals surface area contributed by atoms with E-state index in [9.17, 15) is 0 Å². The highest BCUT2D eigenvalue weighted by atomic mass is 15.1. The van der Waals surface area contributed by atoms with Crippen molar-refractivity contribution >= 4 is 38.9 Å². The molecule has 0 fully saturated rings. The first-order valence-electron chi connectivity index (χ1n) is 21.1. The quantitative estimate of drug-likeness (QED) is 0.173. The Labute approximate surface area is 350 Å². The Kier molecular flexibility index (Phi) is 6.74. The van der Waals surface area contributed by atoms with Gasteiger partial charge in [0.15, 0.2) is 0 Å². The minimum atomic E-state index is -0.517. The number of hydrogen-bond acceptors (Lipinski definition) is 1. The van der Waals surface area contributed by atoms with Gasteiger partial charge in [-0.25, -0.2) is 0 Å². The molecule has 2 aliphatic carbocycles. The van der Waals surface area contributed by atoms with Gasteiger partial charge >= 0.3 is 0 Å². The predicted octanol–water partition coefficient (Wildman–Crippen LogP) is 14.9. The molecule has 1 aliphatic heterocycles. The molecule has 1 aromatic heterocycles. The van der Waals surface area contributed by atoms with Crippen LogP contribution in [0.2, 0.25) is 0 Å². The van der Waals surface area contributed by atoms with Gasteiger partial charge in [0.2, 0.25) is 0 Å². The lowest BCUT2D eigenvalue weighted by atomic mass is 9.65. The van der Waals surface area contributed by atoms with Crippen molar-refractivity contribution in [2.75, 3.05) is 4.90 Å². The fraction of sp³-hybridized carbons (Fsp3) is 0.0690. The van der Waals surface area contributed by atoms with Crippen LogP contribution in [0.1, 0.15) is 47.2 Å². The summed E-state index contributed by atoms with van der Waals surface area (Å²) in [6.45, 7) is 4.73. The van der Waals surface area contributed by atoms with E-state index in [4.69, 9.17) is 0 Å². The lowest BCUT2D eigenvalue weighted by Crippen LogP contribution is -2.33. The van der Waals surface area contributed by atoms with Crippen molar-refractivity contribution in [1.82, 2.24) is 4.57 Å². The van der Waals surface area contributed by atoms with Gasteiger partial charge in [-0.15, -0.1) is 0 Å². The molecule has 2 heteroatoms. The standard InChI is InChI=1S/C58H40N2/c1-57(2)47-24-10-6-20-41(47)43-34-32-39(36-51(43)57)59(38-17-4-3-5-18-38)53-28-13-8-19-40(53)37-31-33-44-42-21-7-11-25-48(42)58(52(44)35-37)49-26-12-15-30-55(49)60-54-29-14-9-22-45(54)46-23-16-27-50(58)56(46)60/h3-36H,1-2H3. The molecule has 0 saturated carbocycles. The van der Waals surface area contributed by atoms with Gasteiger partial charge in [0, 0.05) is 33.1 Å². The fourth-order valence-electron chi connectivity index (χ4n) is 11.5. The number of nitrogens with zero attached hydrogens (tertiary/aromatic N) is 2. The van der Waals surface area contributed by atoms with Crippen LogP contribution in [-0.4, -0.2) is 4.57 Å². The Hall–Kier alpha value is -7.42. The first kappa shape index (κ1) is 33.5. The second-order valence-corrected chi connectivity index (χ2v) is 17.2. The number of para-hydroxylation sites is 5. The van der Waals surface area contributed by atoms with Crippen LogP contribution in [0.25, 0.3) is 60.9 Å². The summed E-state index contributed by atoms with van der Waals surface area (Å²) in [6.07, 6.45) is 0. The first-order valence-corrected chi connectivity index (χ1v) is 21.1. The molecule has 2 heterocycles. The molecule has 9 aromatic carbocycles. The topological polar surface area (TPSA) is 8.17 Å². The van der Waals surface area contributed by atoms with Gasteiger partial charge < -0.3 is 9.47 Å². The fourth-order valence-corrected chi connectivity index (χ4v) is 11.5. The molecule has 1 spiro atoms. The smallest absolute Gasteiger partial charge is 0.0754 e. The SMILES string of the molecule is CC1(C)c2ccccc2-c2ccc(N(c3ccccc3)c3ccccc3-c3ccc4c(c3)C3(c5ccccc5-4)c4ccccc4-n4c5ccccc5c5cccc3c54)cc21. The second-order valence-electron chi connectivity index (χ2n) is 17.2. The van der Waals surface area contributed by atoms with Crippen LogP contribution < -0.4 is 4.90 Å². The molecule has 10 aromatic rings. The molecule has 0 N–H and O–H groups in total. The molecule has 1 unspecified atom stereocenters. The molecule has 0 bridgehead atoms. The molecule has 2 nitrogen and oxygen atoms in total. The van der Waals surface area contributed by atoms with Crippen LogP contribution in [-0.2, 0) is 10.8 Å². The van der Waals surface area contributed by atoms with Crippen LogP contribution in [0.4, 0.5) is 17.1 Å². The number of benzene rings is 9. The summed E-state index contributed by atoms with van der Waals surface area (Å²) in [6, 6.07) is 77.2. The lowest BCUT2D eigenvalue weighted by molar-refractivity contribution is 0.660. The van der Waals surface area contributed by atoms with Gasteiger partial charge in [0.1, 0.15) is 0 Å². The minimum Gasteiger partial charge on any atom is -0.310 e. The largest absolute Gasteiger partial charge is 0.310 e. The average molecular weight is 765 g/mol.